The standard InChI is InChI=1S/C15H12INO3/c1-17(13-8-4-11(5-9-13)15(19)20)14(18)10-2-6-12(16)7-3-10/h2-9H,1H3,(H,19,20). The van der Waals surface area contributed by atoms with Crippen molar-refractivity contribution >= 4 is 40.2 Å². The van der Waals surface area contributed by atoms with Crippen LogP contribution in [-0.2, 0) is 0 Å². The predicted molar refractivity (Wildman–Crippen MR) is 85.3 cm³/mol. The van der Waals surface area contributed by atoms with E-state index in [1.54, 1.807) is 31.3 Å². The molecule has 2 aromatic carbocycles. The molecule has 1 N–H and O–H groups in total. The Morgan fingerprint density at radius 2 is 1.45 bits per heavy atom. The van der Waals surface area contributed by atoms with Gasteiger partial charge in [-0.2, -0.15) is 0 Å². The highest BCUT2D eigenvalue weighted by molar-refractivity contribution is 14.1. The molecule has 20 heavy (non-hydrogen) atoms. The summed E-state index contributed by atoms with van der Waals surface area (Å²) >= 11 is 2.18. The molecule has 5 heteroatoms. The fourth-order valence-electron chi connectivity index (χ4n) is 1.73. The molecule has 0 spiro atoms. The third kappa shape index (κ3) is 3.16. The van der Waals surface area contributed by atoms with Gasteiger partial charge in [0.2, 0.25) is 0 Å². The van der Waals surface area contributed by atoms with Crippen LogP contribution in [0.4, 0.5) is 5.69 Å². The molecule has 0 atom stereocenters. The average Bonchev–Trinajstić information content (AvgIpc) is 2.46. The summed E-state index contributed by atoms with van der Waals surface area (Å²) < 4.78 is 1.06. The van der Waals surface area contributed by atoms with Gasteiger partial charge in [-0.25, -0.2) is 4.79 Å². The van der Waals surface area contributed by atoms with Gasteiger partial charge in [0.05, 0.1) is 5.56 Å². The van der Waals surface area contributed by atoms with Crippen LogP contribution in [0, 0.1) is 3.57 Å². The molecule has 0 radical (unpaired) electrons. The van der Waals surface area contributed by atoms with Gasteiger partial charge in [0.15, 0.2) is 0 Å². The minimum Gasteiger partial charge on any atom is -0.478 e. The Morgan fingerprint density at radius 3 is 1.95 bits per heavy atom. The van der Waals surface area contributed by atoms with Crippen LogP contribution < -0.4 is 4.90 Å². The summed E-state index contributed by atoms with van der Waals surface area (Å²) in [4.78, 5) is 24.6. The number of aromatic carboxylic acids is 1. The van der Waals surface area contributed by atoms with Gasteiger partial charge in [-0.1, -0.05) is 0 Å². The Kier molecular flexibility index (Phi) is 4.39. The van der Waals surface area contributed by atoms with Crippen LogP contribution in [0.5, 0.6) is 0 Å². The maximum atomic E-state index is 12.3. The van der Waals surface area contributed by atoms with Gasteiger partial charge in [0, 0.05) is 21.9 Å². The Bertz CT molecular complexity index is 635. The van der Waals surface area contributed by atoms with Gasteiger partial charge in [0.25, 0.3) is 5.91 Å². The second-order valence-electron chi connectivity index (χ2n) is 4.22. The van der Waals surface area contributed by atoms with Gasteiger partial charge < -0.3 is 10.0 Å². The van der Waals surface area contributed by atoms with Crippen LogP contribution >= 0.6 is 22.6 Å². The lowest BCUT2D eigenvalue weighted by Crippen LogP contribution is -2.26. The third-order valence-electron chi connectivity index (χ3n) is 2.90. The molecule has 2 aromatic rings. The lowest BCUT2D eigenvalue weighted by Gasteiger charge is -2.17. The molecule has 0 heterocycles. The highest BCUT2D eigenvalue weighted by Crippen LogP contribution is 2.17. The maximum Gasteiger partial charge on any atom is 0.335 e. The topological polar surface area (TPSA) is 57.6 Å². The number of carboxylic acid groups (broad SMARTS) is 1. The zero-order valence-corrected chi connectivity index (χ0v) is 12.9. The molecule has 0 saturated heterocycles. The van der Waals surface area contributed by atoms with E-state index in [0.29, 0.717) is 11.3 Å². The number of nitrogens with zero attached hydrogens (tertiary/aromatic N) is 1. The summed E-state index contributed by atoms with van der Waals surface area (Å²) in [5.74, 6) is -1.12. The van der Waals surface area contributed by atoms with Crippen molar-refractivity contribution in [3.8, 4) is 0 Å². The summed E-state index contributed by atoms with van der Waals surface area (Å²) in [5, 5.41) is 8.85. The van der Waals surface area contributed by atoms with Gasteiger partial charge in [-0.15, -0.1) is 0 Å². The molecule has 0 aromatic heterocycles. The van der Waals surface area contributed by atoms with E-state index >= 15 is 0 Å². The molecule has 0 saturated carbocycles. The molecule has 0 unspecified atom stereocenters. The summed E-state index contributed by atoms with van der Waals surface area (Å²) in [6, 6.07) is 13.5. The molecule has 0 aliphatic rings. The third-order valence-corrected chi connectivity index (χ3v) is 3.62. The van der Waals surface area contributed by atoms with Crippen LogP contribution in [0.15, 0.2) is 48.5 Å². The van der Waals surface area contributed by atoms with Crippen LogP contribution in [0.3, 0.4) is 0 Å². The van der Waals surface area contributed by atoms with E-state index in [9.17, 15) is 9.59 Å². The number of hydrogen-bond acceptors (Lipinski definition) is 2. The van der Waals surface area contributed by atoms with E-state index in [4.69, 9.17) is 5.11 Å². The first-order valence-corrected chi connectivity index (χ1v) is 6.94. The highest BCUT2D eigenvalue weighted by Gasteiger charge is 2.13. The second kappa shape index (κ2) is 6.04. The number of amides is 1. The van der Waals surface area contributed by atoms with E-state index in [2.05, 4.69) is 22.6 Å². The normalized spacial score (nSPS) is 10.1. The van der Waals surface area contributed by atoms with E-state index in [0.717, 1.165) is 3.57 Å². The fraction of sp³-hybridized carbons (Fsp3) is 0.0667. The quantitative estimate of drug-likeness (QED) is 0.831. The van der Waals surface area contributed by atoms with Crippen LogP contribution in [0.1, 0.15) is 20.7 Å². The number of halogens is 1. The van der Waals surface area contributed by atoms with Gasteiger partial charge in [0.1, 0.15) is 0 Å². The number of carbonyl (C=O) groups excluding carboxylic acids is 1. The molecule has 1 amide bonds. The largest absolute Gasteiger partial charge is 0.478 e. The zero-order valence-electron chi connectivity index (χ0n) is 10.7. The summed E-state index contributed by atoms with van der Waals surface area (Å²) in [6.45, 7) is 0. The first kappa shape index (κ1) is 14.5. The van der Waals surface area contributed by atoms with Crippen molar-refractivity contribution in [1.29, 1.82) is 0 Å². The second-order valence-corrected chi connectivity index (χ2v) is 5.47. The Balaban J connectivity index is 2.22. The molecular weight excluding hydrogens is 369 g/mol. The Morgan fingerprint density at radius 1 is 0.950 bits per heavy atom. The first-order valence-electron chi connectivity index (χ1n) is 5.86. The van der Waals surface area contributed by atoms with Crippen LogP contribution in [-0.4, -0.2) is 24.0 Å². The van der Waals surface area contributed by atoms with E-state index in [1.165, 1.54) is 17.0 Å². The first-order chi connectivity index (χ1) is 9.49. The molecule has 2 rings (SSSR count). The van der Waals surface area contributed by atoms with Crippen LogP contribution in [0.25, 0.3) is 0 Å². The minimum atomic E-state index is -0.983. The van der Waals surface area contributed by atoms with Crippen LogP contribution in [0.2, 0.25) is 0 Å². The SMILES string of the molecule is CN(C(=O)c1ccc(I)cc1)c1ccc(C(=O)O)cc1. The lowest BCUT2D eigenvalue weighted by atomic mass is 10.1. The number of carboxylic acids is 1. The molecule has 4 nitrogen and oxygen atoms in total. The molecule has 0 fully saturated rings. The van der Waals surface area contributed by atoms with Crippen molar-refractivity contribution in [2.24, 2.45) is 0 Å². The van der Waals surface area contributed by atoms with E-state index in [-0.39, 0.29) is 11.5 Å². The molecule has 0 bridgehead atoms. The zero-order chi connectivity index (χ0) is 14.7. The smallest absolute Gasteiger partial charge is 0.335 e. The average molecular weight is 381 g/mol. The molecule has 0 aliphatic heterocycles. The summed E-state index contributed by atoms with van der Waals surface area (Å²) in [5.41, 5.74) is 1.44. The van der Waals surface area contributed by atoms with E-state index in [1.807, 2.05) is 12.1 Å². The highest BCUT2D eigenvalue weighted by atomic mass is 127. The molecule has 0 aliphatic carbocycles. The fourth-order valence-corrected chi connectivity index (χ4v) is 2.09. The number of carbonyl (C=O) groups is 2. The Labute approximate surface area is 130 Å². The van der Waals surface area contributed by atoms with Gasteiger partial charge >= 0.3 is 5.97 Å². The van der Waals surface area contributed by atoms with Crippen molar-refractivity contribution in [3.05, 3.63) is 63.2 Å². The number of anilines is 1. The number of benzene rings is 2. The lowest BCUT2D eigenvalue weighted by molar-refractivity contribution is 0.0696. The summed E-state index contributed by atoms with van der Waals surface area (Å²) in [6.07, 6.45) is 0. The van der Waals surface area contributed by atoms with Crippen molar-refractivity contribution in [2.75, 3.05) is 11.9 Å². The summed E-state index contributed by atoms with van der Waals surface area (Å²) in [7, 11) is 1.66. The van der Waals surface area contributed by atoms with Gasteiger partial charge in [-0.3, -0.25) is 4.79 Å². The van der Waals surface area contributed by atoms with Gasteiger partial charge in [-0.05, 0) is 71.1 Å². The molecule has 102 valence electrons. The number of rotatable bonds is 3. The monoisotopic (exact) mass is 381 g/mol. The Hall–Kier alpha value is -1.89. The molecular formula is C15H12INO3. The maximum absolute atomic E-state index is 12.3. The van der Waals surface area contributed by atoms with Crippen molar-refractivity contribution in [2.45, 2.75) is 0 Å². The van der Waals surface area contributed by atoms with E-state index < -0.39 is 5.97 Å². The number of hydrogen-bond donors (Lipinski definition) is 1. The van der Waals surface area contributed by atoms with Crippen molar-refractivity contribution in [3.63, 3.8) is 0 Å². The predicted octanol–water partition coefficient (Wildman–Crippen LogP) is 3.27. The van der Waals surface area contributed by atoms with Crippen molar-refractivity contribution in [1.82, 2.24) is 0 Å². The minimum absolute atomic E-state index is 0.135. The van der Waals surface area contributed by atoms with Crippen molar-refractivity contribution < 1.29 is 14.7 Å².